The zero-order chi connectivity index (χ0) is 13.1. The second-order valence-corrected chi connectivity index (χ2v) is 4.65. The molecule has 1 aliphatic carbocycles. The number of alkyl halides is 2. The fraction of sp³-hybridized carbons (Fsp3) is 0.429. The third-order valence-electron chi connectivity index (χ3n) is 2.94. The van der Waals surface area contributed by atoms with E-state index in [1.54, 1.807) is 18.2 Å². The van der Waals surface area contributed by atoms with Crippen molar-refractivity contribution in [1.82, 2.24) is 0 Å². The highest BCUT2D eigenvalue weighted by molar-refractivity contribution is 5.85. The van der Waals surface area contributed by atoms with Gasteiger partial charge in [-0.05, 0) is 48.9 Å². The van der Waals surface area contributed by atoms with Crippen molar-refractivity contribution >= 4 is 18.5 Å². The minimum absolute atomic E-state index is 0. The molecule has 1 aliphatic rings. The van der Waals surface area contributed by atoms with Gasteiger partial charge in [0.2, 0.25) is 0 Å². The number of hydrogen-bond acceptors (Lipinski definition) is 2. The molecule has 0 spiro atoms. The van der Waals surface area contributed by atoms with Gasteiger partial charge in [-0.25, -0.2) is 0 Å². The van der Waals surface area contributed by atoms with E-state index in [0.29, 0.717) is 5.92 Å². The topological polar surface area (TPSA) is 35.2 Å². The molecule has 0 radical (unpaired) electrons. The Morgan fingerprint density at radius 3 is 2.58 bits per heavy atom. The maximum Gasteiger partial charge on any atom is 0.387 e. The van der Waals surface area contributed by atoms with Gasteiger partial charge in [-0.1, -0.05) is 18.2 Å². The first kappa shape index (κ1) is 15.9. The zero-order valence-electron chi connectivity index (χ0n) is 10.7. The molecule has 1 saturated carbocycles. The number of rotatable bonds is 5. The minimum Gasteiger partial charge on any atom is -0.435 e. The van der Waals surface area contributed by atoms with Crippen LogP contribution in [0.15, 0.2) is 24.3 Å². The summed E-state index contributed by atoms with van der Waals surface area (Å²) in [6.07, 6.45) is 6.63. The van der Waals surface area contributed by atoms with Gasteiger partial charge in [0.05, 0.1) is 0 Å². The zero-order valence-corrected chi connectivity index (χ0v) is 11.5. The van der Waals surface area contributed by atoms with Crippen LogP contribution in [0.2, 0.25) is 0 Å². The van der Waals surface area contributed by atoms with Crippen LogP contribution in [0.1, 0.15) is 36.9 Å². The van der Waals surface area contributed by atoms with E-state index >= 15 is 0 Å². The average molecular weight is 290 g/mol. The molecule has 0 heterocycles. The summed E-state index contributed by atoms with van der Waals surface area (Å²) in [5.41, 5.74) is 7.65. The molecule has 2 N–H and O–H groups in total. The van der Waals surface area contributed by atoms with Crippen molar-refractivity contribution in [1.29, 1.82) is 0 Å². The minimum atomic E-state index is -2.81. The molecule has 1 fully saturated rings. The molecule has 1 atom stereocenters. The molecule has 5 heteroatoms. The van der Waals surface area contributed by atoms with Crippen molar-refractivity contribution in [2.75, 3.05) is 0 Å². The van der Waals surface area contributed by atoms with Gasteiger partial charge in [0.15, 0.2) is 0 Å². The lowest BCUT2D eigenvalue weighted by atomic mass is 10.0. The fourth-order valence-electron chi connectivity index (χ4n) is 1.80. The maximum absolute atomic E-state index is 12.1. The predicted octanol–water partition coefficient (Wildman–Crippen LogP) is 4.15. The second kappa shape index (κ2) is 6.87. The SMILES string of the molecule is C[C@H](N)c1cc(OC(F)F)ccc1/C=C/C1CC1.Cl. The van der Waals surface area contributed by atoms with Crippen LogP contribution in [-0.2, 0) is 0 Å². The van der Waals surface area contributed by atoms with Crippen molar-refractivity contribution in [3.05, 3.63) is 35.4 Å². The van der Waals surface area contributed by atoms with E-state index in [1.807, 2.05) is 13.0 Å². The molecule has 1 aromatic rings. The summed E-state index contributed by atoms with van der Waals surface area (Å²) < 4.78 is 28.7. The van der Waals surface area contributed by atoms with E-state index in [0.717, 1.165) is 11.1 Å². The molecule has 106 valence electrons. The molecule has 19 heavy (non-hydrogen) atoms. The Kier molecular flexibility index (Phi) is 5.76. The Morgan fingerprint density at radius 1 is 1.37 bits per heavy atom. The molecule has 2 nitrogen and oxygen atoms in total. The van der Waals surface area contributed by atoms with Crippen molar-refractivity contribution in [2.24, 2.45) is 11.7 Å². The summed E-state index contributed by atoms with van der Waals surface area (Å²) in [5.74, 6) is 0.823. The molecule has 0 aliphatic heterocycles. The summed E-state index contributed by atoms with van der Waals surface area (Å²) in [5, 5.41) is 0. The molecule has 0 unspecified atom stereocenters. The highest BCUT2D eigenvalue weighted by atomic mass is 35.5. The van der Waals surface area contributed by atoms with Gasteiger partial charge in [0, 0.05) is 6.04 Å². The Labute approximate surface area is 118 Å². The Bertz CT molecular complexity index is 445. The average Bonchev–Trinajstić information content (AvgIpc) is 3.10. The van der Waals surface area contributed by atoms with Crippen molar-refractivity contribution in [3.8, 4) is 5.75 Å². The number of benzene rings is 1. The largest absolute Gasteiger partial charge is 0.435 e. The van der Waals surface area contributed by atoms with E-state index in [9.17, 15) is 8.78 Å². The van der Waals surface area contributed by atoms with Gasteiger partial charge in [0.25, 0.3) is 0 Å². The van der Waals surface area contributed by atoms with Crippen LogP contribution in [0.25, 0.3) is 6.08 Å². The summed E-state index contributed by atoms with van der Waals surface area (Å²) in [4.78, 5) is 0. The molecule has 0 amide bonds. The van der Waals surface area contributed by atoms with Gasteiger partial charge >= 0.3 is 6.61 Å². The van der Waals surface area contributed by atoms with E-state index < -0.39 is 6.61 Å². The van der Waals surface area contributed by atoms with E-state index in [-0.39, 0.29) is 24.2 Å². The van der Waals surface area contributed by atoms with E-state index in [1.165, 1.54) is 12.8 Å². The lowest BCUT2D eigenvalue weighted by Gasteiger charge is -2.13. The highest BCUT2D eigenvalue weighted by Gasteiger charge is 2.17. The number of hydrogen-bond donors (Lipinski definition) is 1. The first-order valence-electron chi connectivity index (χ1n) is 6.09. The molecule has 2 rings (SSSR count). The molecule has 0 saturated heterocycles. The van der Waals surface area contributed by atoms with Gasteiger partial charge in [-0.2, -0.15) is 8.78 Å². The lowest BCUT2D eigenvalue weighted by molar-refractivity contribution is -0.0499. The Balaban J connectivity index is 0.00000180. The summed E-state index contributed by atoms with van der Waals surface area (Å²) in [7, 11) is 0. The second-order valence-electron chi connectivity index (χ2n) is 4.65. The number of ether oxygens (including phenoxy) is 1. The first-order valence-corrected chi connectivity index (χ1v) is 6.09. The normalized spacial score (nSPS) is 16.5. The van der Waals surface area contributed by atoms with Gasteiger partial charge in [-0.3, -0.25) is 0 Å². The third kappa shape index (κ3) is 4.80. The Morgan fingerprint density at radius 2 is 2.05 bits per heavy atom. The van der Waals surface area contributed by atoms with E-state index in [4.69, 9.17) is 5.73 Å². The van der Waals surface area contributed by atoms with Gasteiger partial charge in [0.1, 0.15) is 5.75 Å². The monoisotopic (exact) mass is 289 g/mol. The maximum atomic E-state index is 12.1. The smallest absolute Gasteiger partial charge is 0.387 e. The van der Waals surface area contributed by atoms with Crippen LogP contribution in [0, 0.1) is 5.92 Å². The van der Waals surface area contributed by atoms with Crippen LogP contribution in [0.5, 0.6) is 5.75 Å². The molecule has 0 bridgehead atoms. The van der Waals surface area contributed by atoms with Crippen LogP contribution < -0.4 is 10.5 Å². The molecular weight excluding hydrogens is 272 g/mol. The quantitative estimate of drug-likeness (QED) is 0.883. The van der Waals surface area contributed by atoms with E-state index in [2.05, 4.69) is 10.8 Å². The first-order chi connectivity index (χ1) is 8.56. The summed E-state index contributed by atoms with van der Waals surface area (Å²) in [6.45, 7) is -0.977. The van der Waals surface area contributed by atoms with Gasteiger partial charge < -0.3 is 10.5 Å². The summed E-state index contributed by atoms with van der Waals surface area (Å²) in [6, 6.07) is 4.69. The van der Waals surface area contributed by atoms with Crippen LogP contribution in [0.3, 0.4) is 0 Å². The standard InChI is InChI=1S/C14H17F2NO.ClH/c1-9(17)13-8-12(18-14(15)16)7-6-11(13)5-4-10-2-3-10;/h4-10,14H,2-3,17H2,1H3;1H/b5-4+;/t9-;/m0./s1. The van der Waals surface area contributed by atoms with Crippen LogP contribution in [-0.4, -0.2) is 6.61 Å². The van der Waals surface area contributed by atoms with Crippen LogP contribution >= 0.6 is 12.4 Å². The van der Waals surface area contributed by atoms with Gasteiger partial charge in [-0.15, -0.1) is 12.4 Å². The predicted molar refractivity (Wildman–Crippen MR) is 74.7 cm³/mol. The number of halogens is 3. The fourth-order valence-corrected chi connectivity index (χ4v) is 1.80. The number of allylic oxidation sites excluding steroid dienone is 1. The lowest BCUT2D eigenvalue weighted by Crippen LogP contribution is -2.08. The van der Waals surface area contributed by atoms with Crippen molar-refractivity contribution in [3.63, 3.8) is 0 Å². The van der Waals surface area contributed by atoms with Crippen molar-refractivity contribution < 1.29 is 13.5 Å². The molecular formula is C14H18ClF2NO. The number of nitrogens with two attached hydrogens (primary N) is 1. The third-order valence-corrected chi connectivity index (χ3v) is 2.94. The van der Waals surface area contributed by atoms with Crippen LogP contribution in [0.4, 0.5) is 8.78 Å². The molecule has 0 aromatic heterocycles. The summed E-state index contributed by atoms with van der Waals surface area (Å²) >= 11 is 0. The molecule has 1 aromatic carbocycles. The highest BCUT2D eigenvalue weighted by Crippen LogP contribution is 2.32. The Hall–Kier alpha value is -1.13. The van der Waals surface area contributed by atoms with Crippen molar-refractivity contribution in [2.45, 2.75) is 32.4 Å².